The van der Waals surface area contributed by atoms with E-state index < -0.39 is 5.97 Å². The Labute approximate surface area is 111 Å². The molecule has 0 radical (unpaired) electrons. The molecule has 0 aliphatic rings. The van der Waals surface area contributed by atoms with Crippen LogP contribution in [-0.2, 0) is 9.59 Å². The van der Waals surface area contributed by atoms with Crippen molar-refractivity contribution in [1.82, 2.24) is 0 Å². The van der Waals surface area contributed by atoms with Gasteiger partial charge < -0.3 is 10.8 Å². The second-order valence-electron chi connectivity index (χ2n) is 4.48. The van der Waals surface area contributed by atoms with E-state index in [0.717, 1.165) is 25.7 Å². The molecule has 3 N–H and O–H groups in total. The van der Waals surface area contributed by atoms with Crippen LogP contribution >= 0.6 is 0 Å². The van der Waals surface area contributed by atoms with Crippen LogP contribution in [0.15, 0.2) is 0 Å². The van der Waals surface area contributed by atoms with Gasteiger partial charge in [0.05, 0.1) is 0 Å². The number of nitrogens with two attached hydrogens (primary N) is 1. The highest BCUT2D eigenvalue weighted by atomic mass is 16.4. The van der Waals surface area contributed by atoms with Gasteiger partial charge in [0.15, 0.2) is 0 Å². The predicted octanol–water partition coefficient (Wildman–Crippen LogP) is 3.48. The van der Waals surface area contributed by atoms with Crippen LogP contribution in [0.5, 0.6) is 0 Å². The van der Waals surface area contributed by atoms with Gasteiger partial charge in [-0.25, -0.2) is 0 Å². The van der Waals surface area contributed by atoms with Crippen LogP contribution < -0.4 is 5.73 Å². The summed E-state index contributed by atoms with van der Waals surface area (Å²) in [4.78, 5) is 20.1. The summed E-state index contributed by atoms with van der Waals surface area (Å²) in [6, 6.07) is 0. The van der Waals surface area contributed by atoms with E-state index in [9.17, 15) is 9.59 Å². The fourth-order valence-electron chi connectivity index (χ4n) is 1.41. The summed E-state index contributed by atoms with van der Waals surface area (Å²) >= 11 is 0. The van der Waals surface area contributed by atoms with Crippen molar-refractivity contribution in [3.8, 4) is 0 Å². The largest absolute Gasteiger partial charge is 0.481 e. The lowest BCUT2D eigenvalue weighted by atomic mass is 10.1. The van der Waals surface area contributed by atoms with Crippen molar-refractivity contribution in [2.45, 2.75) is 78.1 Å². The van der Waals surface area contributed by atoms with E-state index >= 15 is 0 Å². The lowest BCUT2D eigenvalue weighted by Gasteiger charge is -1.97. The molecule has 0 unspecified atom stereocenters. The molecule has 0 aromatic rings. The predicted molar refractivity (Wildman–Crippen MR) is 74.3 cm³/mol. The minimum absolute atomic E-state index is 0.193. The van der Waals surface area contributed by atoms with Crippen LogP contribution in [0.25, 0.3) is 0 Å². The van der Waals surface area contributed by atoms with E-state index in [4.69, 9.17) is 10.8 Å². The molecular formula is C14H29NO3. The first kappa shape index (κ1) is 19.3. The fourth-order valence-corrected chi connectivity index (χ4v) is 1.41. The molecule has 4 heteroatoms. The van der Waals surface area contributed by atoms with Crippen LogP contribution in [0, 0.1) is 0 Å². The van der Waals surface area contributed by atoms with E-state index in [-0.39, 0.29) is 5.91 Å². The Balaban J connectivity index is 0. The van der Waals surface area contributed by atoms with Crippen molar-refractivity contribution in [1.29, 1.82) is 0 Å². The van der Waals surface area contributed by atoms with E-state index in [1.807, 2.05) is 6.92 Å². The molecule has 0 bridgehead atoms. The van der Waals surface area contributed by atoms with Gasteiger partial charge in [-0.2, -0.15) is 0 Å². The van der Waals surface area contributed by atoms with Gasteiger partial charge in [0.25, 0.3) is 0 Å². The van der Waals surface area contributed by atoms with E-state index in [0.29, 0.717) is 12.8 Å². The number of amides is 1. The van der Waals surface area contributed by atoms with Gasteiger partial charge in [0.2, 0.25) is 5.91 Å². The zero-order valence-electron chi connectivity index (χ0n) is 11.9. The Morgan fingerprint density at radius 1 is 0.833 bits per heavy atom. The Bertz CT molecular complexity index is 205. The minimum atomic E-state index is -0.666. The van der Waals surface area contributed by atoms with Crippen molar-refractivity contribution in [3.05, 3.63) is 0 Å². The van der Waals surface area contributed by atoms with Crippen LogP contribution in [0.4, 0.5) is 0 Å². The average Bonchev–Trinajstić information content (AvgIpc) is 2.31. The Morgan fingerprint density at radius 2 is 1.33 bits per heavy atom. The number of carbonyl (C=O) groups excluding carboxylic acids is 1. The number of carboxylic acid groups (broad SMARTS) is 1. The number of hydrogen-bond acceptors (Lipinski definition) is 2. The quantitative estimate of drug-likeness (QED) is 0.589. The molecular weight excluding hydrogens is 230 g/mol. The first-order valence-electron chi connectivity index (χ1n) is 7.04. The lowest BCUT2D eigenvalue weighted by Crippen LogP contribution is -2.09. The lowest BCUT2D eigenvalue weighted by molar-refractivity contribution is -0.137. The highest BCUT2D eigenvalue weighted by molar-refractivity contribution is 5.73. The third-order valence-electron chi connectivity index (χ3n) is 2.52. The monoisotopic (exact) mass is 259 g/mol. The molecule has 18 heavy (non-hydrogen) atoms. The fraction of sp³-hybridized carbons (Fsp3) is 0.857. The molecule has 0 aliphatic carbocycles. The number of carboxylic acids is 1. The van der Waals surface area contributed by atoms with Crippen molar-refractivity contribution >= 4 is 11.9 Å². The van der Waals surface area contributed by atoms with Gasteiger partial charge in [0.1, 0.15) is 0 Å². The van der Waals surface area contributed by atoms with Gasteiger partial charge >= 0.3 is 5.97 Å². The standard InChI is InChI=1S/C9H18O2.C5H11NO/c1-2-3-4-5-6-7-8-9(10)11;1-2-3-4-5(6)7/h2-8H2,1H3,(H,10,11);2-4H2,1H3,(H2,6,7). The van der Waals surface area contributed by atoms with Gasteiger partial charge in [-0.3, -0.25) is 9.59 Å². The smallest absolute Gasteiger partial charge is 0.303 e. The second-order valence-corrected chi connectivity index (χ2v) is 4.48. The summed E-state index contributed by atoms with van der Waals surface area (Å²) in [5, 5.41) is 8.32. The van der Waals surface area contributed by atoms with Crippen molar-refractivity contribution < 1.29 is 14.7 Å². The third-order valence-corrected chi connectivity index (χ3v) is 2.52. The minimum Gasteiger partial charge on any atom is -0.481 e. The summed E-state index contributed by atoms with van der Waals surface area (Å²) in [6.07, 6.45) is 9.76. The SMILES string of the molecule is CCCCC(N)=O.CCCCCCCCC(=O)O. The number of carbonyl (C=O) groups is 2. The second kappa shape index (κ2) is 15.9. The van der Waals surface area contributed by atoms with Gasteiger partial charge in [-0.15, -0.1) is 0 Å². The molecule has 0 aromatic heterocycles. The number of hydrogen-bond donors (Lipinski definition) is 2. The maximum Gasteiger partial charge on any atom is 0.303 e. The molecule has 0 aliphatic heterocycles. The molecule has 0 fully saturated rings. The Kier molecular flexibility index (Phi) is 17.1. The summed E-state index contributed by atoms with van der Waals surface area (Å²) in [5.74, 6) is -0.859. The summed E-state index contributed by atoms with van der Waals surface area (Å²) < 4.78 is 0. The van der Waals surface area contributed by atoms with Crippen LogP contribution in [0.3, 0.4) is 0 Å². The first-order valence-corrected chi connectivity index (χ1v) is 7.04. The molecule has 0 atom stereocenters. The number of primary amides is 1. The van der Waals surface area contributed by atoms with Crippen molar-refractivity contribution in [2.24, 2.45) is 5.73 Å². The molecule has 0 rings (SSSR count). The maximum atomic E-state index is 10.1. The summed E-state index contributed by atoms with van der Waals surface area (Å²) in [5.41, 5.74) is 4.84. The Morgan fingerprint density at radius 3 is 1.72 bits per heavy atom. The molecule has 0 spiro atoms. The molecule has 4 nitrogen and oxygen atoms in total. The van der Waals surface area contributed by atoms with Crippen LogP contribution in [0.1, 0.15) is 78.1 Å². The summed E-state index contributed by atoms with van der Waals surface area (Å²) in [6.45, 7) is 4.21. The molecule has 0 aromatic carbocycles. The Hall–Kier alpha value is -1.06. The molecule has 0 saturated carbocycles. The number of rotatable bonds is 10. The van der Waals surface area contributed by atoms with Crippen LogP contribution in [0.2, 0.25) is 0 Å². The van der Waals surface area contributed by atoms with Crippen molar-refractivity contribution in [2.75, 3.05) is 0 Å². The summed E-state index contributed by atoms with van der Waals surface area (Å²) in [7, 11) is 0. The topological polar surface area (TPSA) is 80.4 Å². The van der Waals surface area contributed by atoms with E-state index in [1.165, 1.54) is 25.7 Å². The third kappa shape index (κ3) is 24.3. The maximum absolute atomic E-state index is 10.1. The van der Waals surface area contributed by atoms with Gasteiger partial charge in [0, 0.05) is 12.8 Å². The van der Waals surface area contributed by atoms with E-state index in [2.05, 4.69) is 6.92 Å². The highest BCUT2D eigenvalue weighted by Gasteiger charge is 1.95. The average molecular weight is 259 g/mol. The van der Waals surface area contributed by atoms with Crippen molar-refractivity contribution in [3.63, 3.8) is 0 Å². The van der Waals surface area contributed by atoms with Gasteiger partial charge in [-0.05, 0) is 12.8 Å². The molecule has 0 heterocycles. The molecule has 0 saturated heterocycles. The van der Waals surface area contributed by atoms with E-state index in [1.54, 1.807) is 0 Å². The molecule has 1 amide bonds. The zero-order valence-corrected chi connectivity index (χ0v) is 11.9. The number of unbranched alkanes of at least 4 members (excludes halogenated alkanes) is 6. The number of aliphatic carboxylic acids is 1. The van der Waals surface area contributed by atoms with Crippen LogP contribution in [-0.4, -0.2) is 17.0 Å². The zero-order chi connectivity index (χ0) is 14.2. The van der Waals surface area contributed by atoms with Gasteiger partial charge in [-0.1, -0.05) is 52.4 Å². The molecule has 108 valence electrons. The normalized spacial score (nSPS) is 9.44. The first-order chi connectivity index (χ1) is 8.54. The highest BCUT2D eigenvalue weighted by Crippen LogP contribution is 2.06.